The number of hydrogen-bond donors (Lipinski definition) is 2. The Kier molecular flexibility index (Phi) is 6.48. The molecule has 8 heteroatoms. The number of nitrogens with zero attached hydrogens (tertiary/aromatic N) is 2. The number of aryl methyl sites for hydroxylation is 1. The molecular weight excluding hydrogens is 332 g/mol. The predicted octanol–water partition coefficient (Wildman–Crippen LogP) is 1.93. The molecule has 1 aromatic heterocycles. The lowest BCUT2D eigenvalue weighted by Crippen LogP contribution is -2.45. The van der Waals surface area contributed by atoms with E-state index in [2.05, 4.69) is 20.6 Å². The average molecular weight is 351 g/mol. The normalized spacial score (nSPS) is 16.8. The lowest BCUT2D eigenvalue weighted by atomic mass is 10.2. The highest BCUT2D eigenvalue weighted by atomic mass is 35.5. The van der Waals surface area contributed by atoms with Crippen molar-refractivity contribution in [3.05, 3.63) is 42.2 Å². The van der Waals surface area contributed by atoms with Gasteiger partial charge in [-0.2, -0.15) is 0 Å². The van der Waals surface area contributed by atoms with Gasteiger partial charge in [-0.05, 0) is 37.3 Å². The number of nitrogens with one attached hydrogen (secondary N) is 2. The first kappa shape index (κ1) is 18.1. The zero-order valence-electron chi connectivity index (χ0n) is 13.2. The summed E-state index contributed by atoms with van der Waals surface area (Å²) in [5.74, 6) is 0.442. The van der Waals surface area contributed by atoms with Crippen molar-refractivity contribution < 1.29 is 14.3 Å². The van der Waals surface area contributed by atoms with Gasteiger partial charge in [-0.1, -0.05) is 0 Å². The summed E-state index contributed by atoms with van der Waals surface area (Å²) < 4.78 is 11.0. The van der Waals surface area contributed by atoms with E-state index >= 15 is 0 Å². The molecule has 0 aliphatic carbocycles. The van der Waals surface area contributed by atoms with Crippen molar-refractivity contribution >= 4 is 24.0 Å². The maximum atomic E-state index is 12.1. The predicted molar refractivity (Wildman–Crippen MR) is 91.8 cm³/mol. The third-order valence-electron chi connectivity index (χ3n) is 3.32. The lowest BCUT2D eigenvalue weighted by Gasteiger charge is -2.22. The number of benzene rings is 1. The van der Waals surface area contributed by atoms with Crippen molar-refractivity contribution in [3.63, 3.8) is 0 Å². The number of hydrogen-bond acceptors (Lipinski definition) is 6. The summed E-state index contributed by atoms with van der Waals surface area (Å²) in [6.45, 7) is 3.71. The van der Waals surface area contributed by atoms with Crippen LogP contribution in [0.25, 0.3) is 0 Å². The molecule has 1 aromatic carbocycles. The maximum Gasteiger partial charge on any atom is 0.322 e. The molecule has 1 atom stereocenters. The van der Waals surface area contributed by atoms with E-state index in [1.807, 2.05) is 6.92 Å². The monoisotopic (exact) mass is 350 g/mol. The number of anilines is 1. The van der Waals surface area contributed by atoms with Crippen LogP contribution >= 0.6 is 12.4 Å². The summed E-state index contributed by atoms with van der Waals surface area (Å²) in [4.78, 5) is 20.3. The quantitative estimate of drug-likeness (QED) is 0.876. The van der Waals surface area contributed by atoms with Gasteiger partial charge in [-0.15, -0.1) is 12.4 Å². The SMILES string of the molecule is Cc1ccnc(Oc2ccc(NC(=O)C3CNCCO3)cc2)n1.Cl. The zero-order chi connectivity index (χ0) is 16.1. The second kappa shape index (κ2) is 8.58. The minimum Gasteiger partial charge on any atom is -0.424 e. The Morgan fingerprint density at radius 1 is 1.33 bits per heavy atom. The molecule has 1 amide bonds. The number of rotatable bonds is 4. The highest BCUT2D eigenvalue weighted by Gasteiger charge is 2.21. The van der Waals surface area contributed by atoms with E-state index in [0.717, 1.165) is 12.2 Å². The van der Waals surface area contributed by atoms with Crippen LogP contribution in [0.15, 0.2) is 36.5 Å². The molecule has 0 saturated carbocycles. The standard InChI is InChI=1S/C16H18N4O3.ClH/c1-11-6-7-18-16(19-11)23-13-4-2-12(3-5-13)20-15(21)14-10-17-8-9-22-14;/h2-7,14,17H,8-10H2,1H3,(H,20,21);1H. The van der Waals surface area contributed by atoms with Gasteiger partial charge in [0.2, 0.25) is 0 Å². The first-order chi connectivity index (χ1) is 11.2. The number of carbonyl (C=O) groups excluding carboxylic acids is 1. The van der Waals surface area contributed by atoms with E-state index < -0.39 is 6.10 Å². The largest absolute Gasteiger partial charge is 0.424 e. The van der Waals surface area contributed by atoms with Crippen LogP contribution in [0.1, 0.15) is 5.69 Å². The van der Waals surface area contributed by atoms with Crippen LogP contribution in [0.5, 0.6) is 11.8 Å². The van der Waals surface area contributed by atoms with E-state index in [1.54, 1.807) is 36.5 Å². The number of ether oxygens (including phenoxy) is 2. The van der Waals surface area contributed by atoms with E-state index in [9.17, 15) is 4.79 Å². The van der Waals surface area contributed by atoms with E-state index in [-0.39, 0.29) is 18.3 Å². The molecule has 128 valence electrons. The fourth-order valence-electron chi connectivity index (χ4n) is 2.14. The van der Waals surface area contributed by atoms with E-state index in [4.69, 9.17) is 9.47 Å². The molecule has 0 radical (unpaired) electrons. The number of amides is 1. The highest BCUT2D eigenvalue weighted by molar-refractivity contribution is 5.94. The summed E-state index contributed by atoms with van der Waals surface area (Å²) in [5, 5.41) is 5.94. The summed E-state index contributed by atoms with van der Waals surface area (Å²) in [7, 11) is 0. The smallest absolute Gasteiger partial charge is 0.322 e. The van der Waals surface area contributed by atoms with Gasteiger partial charge in [0.1, 0.15) is 11.9 Å². The first-order valence-corrected chi connectivity index (χ1v) is 7.41. The Labute approximate surface area is 146 Å². The van der Waals surface area contributed by atoms with Crippen LogP contribution in [0, 0.1) is 6.92 Å². The van der Waals surface area contributed by atoms with Crippen LogP contribution in [0.3, 0.4) is 0 Å². The number of aromatic nitrogens is 2. The number of morpholine rings is 1. The average Bonchev–Trinajstić information content (AvgIpc) is 2.57. The molecule has 1 saturated heterocycles. The topological polar surface area (TPSA) is 85.4 Å². The number of halogens is 1. The van der Waals surface area contributed by atoms with Crippen LogP contribution in [-0.2, 0) is 9.53 Å². The van der Waals surface area contributed by atoms with Crippen molar-refractivity contribution in [1.82, 2.24) is 15.3 Å². The molecule has 7 nitrogen and oxygen atoms in total. The third kappa shape index (κ3) is 4.89. The Bertz CT molecular complexity index is 675. The van der Waals surface area contributed by atoms with E-state index in [1.165, 1.54) is 0 Å². The minimum absolute atomic E-state index is 0. The fraction of sp³-hybridized carbons (Fsp3) is 0.312. The van der Waals surface area contributed by atoms with E-state index in [0.29, 0.717) is 30.6 Å². The van der Waals surface area contributed by atoms with Crippen molar-refractivity contribution in [2.24, 2.45) is 0 Å². The van der Waals surface area contributed by atoms with Crippen molar-refractivity contribution in [3.8, 4) is 11.8 Å². The Balaban J connectivity index is 0.00000208. The van der Waals surface area contributed by atoms with Gasteiger partial charge in [-0.3, -0.25) is 4.79 Å². The Morgan fingerprint density at radius 2 is 2.12 bits per heavy atom. The summed E-state index contributed by atoms with van der Waals surface area (Å²) >= 11 is 0. The molecule has 1 fully saturated rings. The third-order valence-corrected chi connectivity index (χ3v) is 3.32. The fourth-order valence-corrected chi connectivity index (χ4v) is 2.14. The van der Waals surface area contributed by atoms with Crippen molar-refractivity contribution in [1.29, 1.82) is 0 Å². The van der Waals surface area contributed by atoms with Gasteiger partial charge in [0.25, 0.3) is 5.91 Å². The molecule has 1 unspecified atom stereocenters. The Morgan fingerprint density at radius 3 is 2.79 bits per heavy atom. The summed E-state index contributed by atoms with van der Waals surface area (Å²) in [6, 6.07) is 9.12. The first-order valence-electron chi connectivity index (χ1n) is 7.41. The van der Waals surface area contributed by atoms with Gasteiger partial charge in [0.15, 0.2) is 0 Å². The zero-order valence-corrected chi connectivity index (χ0v) is 14.0. The maximum absolute atomic E-state index is 12.1. The number of carbonyl (C=O) groups is 1. The lowest BCUT2D eigenvalue weighted by molar-refractivity contribution is -0.128. The molecule has 0 bridgehead atoms. The van der Waals surface area contributed by atoms with Gasteiger partial charge in [0.05, 0.1) is 6.61 Å². The molecule has 2 aromatic rings. The van der Waals surface area contributed by atoms with Crippen LogP contribution < -0.4 is 15.4 Å². The molecule has 24 heavy (non-hydrogen) atoms. The summed E-state index contributed by atoms with van der Waals surface area (Å²) in [6.07, 6.45) is 1.19. The van der Waals surface area contributed by atoms with Crippen LogP contribution in [0.2, 0.25) is 0 Å². The van der Waals surface area contributed by atoms with Gasteiger partial charge >= 0.3 is 6.01 Å². The van der Waals surface area contributed by atoms with Crippen LogP contribution in [0.4, 0.5) is 5.69 Å². The van der Waals surface area contributed by atoms with Gasteiger partial charge in [-0.25, -0.2) is 9.97 Å². The van der Waals surface area contributed by atoms with Crippen molar-refractivity contribution in [2.45, 2.75) is 13.0 Å². The second-order valence-electron chi connectivity index (χ2n) is 5.16. The molecule has 2 N–H and O–H groups in total. The Hall–Kier alpha value is -2.22. The van der Waals surface area contributed by atoms with Gasteiger partial charge < -0.3 is 20.1 Å². The highest BCUT2D eigenvalue weighted by Crippen LogP contribution is 2.20. The molecule has 0 spiro atoms. The van der Waals surface area contributed by atoms with Crippen LogP contribution in [-0.4, -0.2) is 41.7 Å². The second-order valence-corrected chi connectivity index (χ2v) is 5.16. The van der Waals surface area contributed by atoms with Gasteiger partial charge in [0, 0.05) is 30.7 Å². The summed E-state index contributed by atoms with van der Waals surface area (Å²) in [5.41, 5.74) is 1.52. The molecule has 2 heterocycles. The molecular formula is C16H19ClN4O3. The molecule has 3 rings (SSSR count). The van der Waals surface area contributed by atoms with Crippen molar-refractivity contribution in [2.75, 3.05) is 25.0 Å². The molecule has 1 aliphatic rings. The molecule has 1 aliphatic heterocycles. The minimum atomic E-state index is -0.458.